The Balaban J connectivity index is 3.68. The minimum absolute atomic E-state index is 0.298. The Morgan fingerprint density at radius 3 is 2.33 bits per heavy atom. The molecule has 15 heavy (non-hydrogen) atoms. The average molecular weight is 273 g/mol. The maximum atomic E-state index is 10.9. The van der Waals surface area contributed by atoms with Crippen molar-refractivity contribution in [2.75, 3.05) is 7.11 Å². The van der Waals surface area contributed by atoms with Crippen molar-refractivity contribution >= 4 is 33.3 Å². The van der Waals surface area contributed by atoms with Gasteiger partial charge in [-0.05, 0) is 6.07 Å². The number of aromatic hydroxyl groups is 1. The summed E-state index contributed by atoms with van der Waals surface area (Å²) in [7, 11) is -3.37. The fourth-order valence-electron chi connectivity index (χ4n) is 0.951. The molecule has 8 heteroatoms. The van der Waals surface area contributed by atoms with Gasteiger partial charge in [-0.1, -0.05) is 23.2 Å². The van der Waals surface area contributed by atoms with E-state index in [1.54, 1.807) is 0 Å². The van der Waals surface area contributed by atoms with Gasteiger partial charge >= 0.3 is 0 Å². The van der Waals surface area contributed by atoms with Crippen LogP contribution in [-0.2, 0) is 10.1 Å². The maximum Gasteiger partial charge on any atom is 0.298 e. The summed E-state index contributed by atoms with van der Waals surface area (Å²) in [6.45, 7) is 0. The van der Waals surface area contributed by atoms with Crippen molar-refractivity contribution in [3.8, 4) is 11.5 Å². The van der Waals surface area contributed by atoms with E-state index in [4.69, 9.17) is 27.8 Å². The number of halogens is 2. The highest BCUT2D eigenvalue weighted by Crippen LogP contribution is 2.43. The van der Waals surface area contributed by atoms with Crippen molar-refractivity contribution in [3.05, 3.63) is 16.1 Å². The molecule has 0 amide bonds. The molecule has 1 aromatic rings. The summed E-state index contributed by atoms with van der Waals surface area (Å²) in [5.41, 5.74) is 0. The van der Waals surface area contributed by atoms with Gasteiger partial charge in [-0.3, -0.25) is 4.55 Å². The van der Waals surface area contributed by atoms with Crippen molar-refractivity contribution in [2.45, 2.75) is 4.90 Å². The second-order valence-corrected chi connectivity index (χ2v) is 4.70. The van der Waals surface area contributed by atoms with Crippen LogP contribution in [-0.4, -0.2) is 25.2 Å². The zero-order valence-corrected chi connectivity index (χ0v) is 9.69. The number of benzene rings is 1. The number of rotatable bonds is 2. The Labute approximate surface area is 95.9 Å². The predicted molar refractivity (Wildman–Crippen MR) is 54.5 cm³/mol. The fraction of sp³-hybridized carbons (Fsp3) is 0.143. The quantitative estimate of drug-likeness (QED) is 0.804. The Morgan fingerprint density at radius 2 is 1.93 bits per heavy atom. The van der Waals surface area contributed by atoms with E-state index in [0.717, 1.165) is 13.2 Å². The summed E-state index contributed by atoms with van der Waals surface area (Å²) < 4.78 is 35.3. The maximum absolute atomic E-state index is 10.9. The third-order valence-corrected chi connectivity index (χ3v) is 3.09. The number of phenols is 1. The molecule has 0 saturated heterocycles. The minimum atomic E-state index is -4.51. The van der Waals surface area contributed by atoms with Crippen LogP contribution in [0.15, 0.2) is 11.0 Å². The van der Waals surface area contributed by atoms with Crippen LogP contribution in [0.2, 0.25) is 10.0 Å². The predicted octanol–water partition coefficient (Wildman–Crippen LogP) is 1.95. The van der Waals surface area contributed by atoms with E-state index < -0.39 is 20.8 Å². The monoisotopic (exact) mass is 272 g/mol. The molecule has 0 aliphatic carbocycles. The first-order valence-corrected chi connectivity index (χ1v) is 5.71. The Morgan fingerprint density at radius 1 is 1.40 bits per heavy atom. The van der Waals surface area contributed by atoms with Crippen LogP contribution in [0.4, 0.5) is 0 Å². The van der Waals surface area contributed by atoms with Gasteiger partial charge in [0, 0.05) is 0 Å². The van der Waals surface area contributed by atoms with E-state index in [-0.39, 0.29) is 15.8 Å². The van der Waals surface area contributed by atoms with Gasteiger partial charge in [0.1, 0.15) is 9.92 Å². The molecule has 0 unspecified atom stereocenters. The van der Waals surface area contributed by atoms with Crippen molar-refractivity contribution < 1.29 is 22.8 Å². The first-order valence-electron chi connectivity index (χ1n) is 3.51. The van der Waals surface area contributed by atoms with Crippen molar-refractivity contribution in [1.29, 1.82) is 0 Å². The van der Waals surface area contributed by atoms with Gasteiger partial charge in [-0.15, -0.1) is 0 Å². The summed E-state index contributed by atoms with van der Waals surface area (Å²) in [5, 5.41) is 8.61. The average Bonchev–Trinajstić information content (AvgIpc) is 2.12. The van der Waals surface area contributed by atoms with E-state index in [9.17, 15) is 13.5 Å². The number of hydrogen-bond acceptors (Lipinski definition) is 4. The smallest absolute Gasteiger partial charge is 0.298 e. The van der Waals surface area contributed by atoms with Crippen LogP contribution in [0, 0.1) is 0 Å². The van der Waals surface area contributed by atoms with Gasteiger partial charge in [0.2, 0.25) is 0 Å². The van der Waals surface area contributed by atoms with E-state index in [2.05, 4.69) is 4.74 Å². The summed E-state index contributed by atoms with van der Waals surface area (Å²) in [6, 6.07) is 0.844. The number of phenolic OH excluding ortho intramolecular Hbond substituents is 1. The summed E-state index contributed by atoms with van der Waals surface area (Å²) in [4.78, 5) is -0.599. The number of ether oxygens (including phenoxy) is 1. The first-order chi connectivity index (χ1) is 6.79. The topological polar surface area (TPSA) is 83.8 Å². The molecule has 0 bridgehead atoms. The molecule has 0 spiro atoms. The lowest BCUT2D eigenvalue weighted by atomic mass is 10.3. The number of methoxy groups -OCH3 is 1. The Hall–Kier alpha value is -0.690. The van der Waals surface area contributed by atoms with Gasteiger partial charge in [-0.25, -0.2) is 0 Å². The fourth-order valence-corrected chi connectivity index (χ4v) is 2.29. The zero-order valence-electron chi connectivity index (χ0n) is 7.36. The standard InChI is InChI=1S/C7H6Cl2O5S/c1-14-7-4(15(11,12)13)2-3(8)6(10)5(7)9/h2,10H,1H3,(H,11,12,13). The summed E-state index contributed by atoms with van der Waals surface area (Å²) in [5.74, 6) is -0.872. The van der Waals surface area contributed by atoms with E-state index >= 15 is 0 Å². The number of hydrogen-bond donors (Lipinski definition) is 2. The molecule has 0 aliphatic heterocycles. The zero-order chi connectivity index (χ0) is 11.8. The second kappa shape index (κ2) is 4.05. The van der Waals surface area contributed by atoms with Gasteiger partial charge < -0.3 is 9.84 Å². The van der Waals surface area contributed by atoms with Crippen molar-refractivity contribution in [3.63, 3.8) is 0 Å². The largest absolute Gasteiger partial charge is 0.505 e. The molecule has 2 N–H and O–H groups in total. The highest BCUT2D eigenvalue weighted by Gasteiger charge is 2.23. The normalized spacial score (nSPS) is 11.5. The van der Waals surface area contributed by atoms with Gasteiger partial charge in [0.25, 0.3) is 10.1 Å². The highest BCUT2D eigenvalue weighted by molar-refractivity contribution is 7.86. The molecule has 0 aromatic heterocycles. The SMILES string of the molecule is COc1c(S(=O)(=O)O)cc(Cl)c(O)c1Cl. The van der Waals surface area contributed by atoms with E-state index in [1.165, 1.54) is 0 Å². The van der Waals surface area contributed by atoms with Crippen molar-refractivity contribution in [2.24, 2.45) is 0 Å². The molecule has 1 aromatic carbocycles. The molecular formula is C7H6Cl2O5S. The van der Waals surface area contributed by atoms with Crippen LogP contribution in [0.25, 0.3) is 0 Å². The van der Waals surface area contributed by atoms with Crippen LogP contribution < -0.4 is 4.74 Å². The van der Waals surface area contributed by atoms with Crippen LogP contribution in [0.3, 0.4) is 0 Å². The third-order valence-electron chi connectivity index (χ3n) is 1.60. The van der Waals surface area contributed by atoms with Gasteiger partial charge in [0.15, 0.2) is 11.5 Å². The molecular weight excluding hydrogens is 267 g/mol. The molecule has 1 rings (SSSR count). The summed E-state index contributed by atoms with van der Waals surface area (Å²) in [6.07, 6.45) is 0. The minimum Gasteiger partial charge on any atom is -0.505 e. The van der Waals surface area contributed by atoms with Crippen LogP contribution in [0.5, 0.6) is 11.5 Å². The molecule has 0 saturated carbocycles. The van der Waals surface area contributed by atoms with Gasteiger partial charge in [0.05, 0.1) is 12.1 Å². The van der Waals surface area contributed by atoms with Gasteiger partial charge in [-0.2, -0.15) is 8.42 Å². The lowest BCUT2D eigenvalue weighted by Gasteiger charge is -2.10. The van der Waals surface area contributed by atoms with Crippen LogP contribution in [0.1, 0.15) is 0 Å². The first kappa shape index (κ1) is 12.4. The van der Waals surface area contributed by atoms with E-state index in [0.29, 0.717) is 0 Å². The third kappa shape index (κ3) is 2.28. The molecule has 0 fully saturated rings. The van der Waals surface area contributed by atoms with Crippen molar-refractivity contribution in [1.82, 2.24) is 0 Å². The second-order valence-electron chi connectivity index (χ2n) is 2.53. The molecule has 0 atom stereocenters. The Bertz CT molecular complexity index is 497. The summed E-state index contributed by atoms with van der Waals surface area (Å²) >= 11 is 11.1. The van der Waals surface area contributed by atoms with Crippen LogP contribution >= 0.6 is 23.2 Å². The molecule has 5 nitrogen and oxygen atoms in total. The molecule has 0 aliphatic rings. The molecule has 0 radical (unpaired) electrons. The molecule has 84 valence electrons. The lowest BCUT2D eigenvalue weighted by molar-refractivity contribution is 0.392. The molecule has 0 heterocycles. The lowest BCUT2D eigenvalue weighted by Crippen LogP contribution is -2.02. The highest BCUT2D eigenvalue weighted by atomic mass is 35.5. The Kier molecular flexibility index (Phi) is 3.34. The van der Waals surface area contributed by atoms with E-state index in [1.807, 2.05) is 0 Å².